The lowest BCUT2D eigenvalue weighted by molar-refractivity contribution is -0.121. The summed E-state index contributed by atoms with van der Waals surface area (Å²) in [5.41, 5.74) is 6.35. The Labute approximate surface area is 252 Å². The fraction of sp³-hybridized carbons (Fsp3) is 0.237. The van der Waals surface area contributed by atoms with Gasteiger partial charge < -0.3 is 10.2 Å². The molecule has 0 aliphatic carbocycles. The molecule has 4 aromatic carbocycles. The lowest BCUT2D eigenvalue weighted by atomic mass is 9.64. The molecule has 0 saturated carbocycles. The van der Waals surface area contributed by atoms with Crippen molar-refractivity contribution in [1.82, 2.24) is 0 Å². The molecule has 43 heavy (non-hydrogen) atoms. The topological polar surface area (TPSA) is 66.5 Å². The molecule has 3 heterocycles. The van der Waals surface area contributed by atoms with Crippen LogP contribution in [-0.4, -0.2) is 29.6 Å². The summed E-state index contributed by atoms with van der Waals surface area (Å²) in [6.45, 7) is 6.23. The van der Waals surface area contributed by atoms with E-state index in [1.807, 2.05) is 85.8 Å². The molecule has 3 aliphatic rings. The van der Waals surface area contributed by atoms with Gasteiger partial charge in [0.15, 0.2) is 11.6 Å². The highest BCUT2D eigenvalue weighted by molar-refractivity contribution is 6.18. The van der Waals surface area contributed by atoms with Crippen LogP contribution in [0.1, 0.15) is 63.2 Å². The van der Waals surface area contributed by atoms with Gasteiger partial charge in [-0.3, -0.25) is 14.4 Å². The van der Waals surface area contributed by atoms with Gasteiger partial charge in [0.25, 0.3) is 0 Å². The zero-order chi connectivity index (χ0) is 29.9. The second kappa shape index (κ2) is 10.2. The molecular weight excluding hydrogens is 532 g/mol. The van der Waals surface area contributed by atoms with E-state index in [-0.39, 0.29) is 17.5 Å². The van der Waals surface area contributed by atoms with E-state index >= 15 is 0 Å². The van der Waals surface area contributed by atoms with Gasteiger partial charge in [-0.1, -0.05) is 104 Å². The highest BCUT2D eigenvalue weighted by Gasteiger charge is 2.70. The average molecular weight is 567 g/mol. The predicted octanol–water partition coefficient (Wildman–Crippen LogP) is 7.19. The Morgan fingerprint density at radius 3 is 2.28 bits per heavy atom. The number of amides is 1. The van der Waals surface area contributed by atoms with Gasteiger partial charge >= 0.3 is 0 Å². The lowest BCUT2D eigenvalue weighted by Crippen LogP contribution is -2.51. The molecule has 5 nitrogen and oxygen atoms in total. The molecule has 0 radical (unpaired) electrons. The van der Waals surface area contributed by atoms with Crippen molar-refractivity contribution in [3.8, 4) is 0 Å². The Hall–Kier alpha value is -4.77. The largest absolute Gasteiger partial charge is 0.352 e. The zero-order valence-corrected chi connectivity index (χ0v) is 24.6. The van der Waals surface area contributed by atoms with Crippen molar-refractivity contribution in [3.05, 3.63) is 137 Å². The number of hydrogen-bond acceptors (Lipinski definition) is 4. The number of benzene rings is 4. The Balaban J connectivity index is 1.52. The number of ketones is 2. The summed E-state index contributed by atoms with van der Waals surface area (Å²) in [6, 6.07) is 29.2. The minimum absolute atomic E-state index is 0.167. The van der Waals surface area contributed by atoms with Crippen LogP contribution >= 0.6 is 0 Å². The van der Waals surface area contributed by atoms with Crippen molar-refractivity contribution in [3.63, 3.8) is 0 Å². The smallest absolute Gasteiger partial charge is 0.238 e. The van der Waals surface area contributed by atoms with Crippen LogP contribution in [0.15, 0.2) is 103 Å². The van der Waals surface area contributed by atoms with Gasteiger partial charge in [0.05, 0.1) is 12.0 Å². The van der Waals surface area contributed by atoms with Crippen molar-refractivity contribution >= 4 is 34.4 Å². The van der Waals surface area contributed by atoms with Crippen LogP contribution in [0.25, 0.3) is 5.57 Å². The minimum atomic E-state index is -1.31. The molecule has 1 N–H and O–H groups in total. The number of fused-ring (bicyclic) bond motifs is 6. The second-order valence-corrected chi connectivity index (χ2v) is 12.1. The lowest BCUT2D eigenvalue weighted by Gasteiger charge is -2.39. The summed E-state index contributed by atoms with van der Waals surface area (Å²) in [7, 11) is 0. The van der Waals surface area contributed by atoms with Crippen LogP contribution in [0.2, 0.25) is 0 Å². The van der Waals surface area contributed by atoms with Crippen molar-refractivity contribution in [2.75, 3.05) is 10.2 Å². The fourth-order valence-electron chi connectivity index (χ4n) is 7.62. The first-order chi connectivity index (χ1) is 20.9. The first-order valence-corrected chi connectivity index (χ1v) is 15.1. The highest BCUT2D eigenvalue weighted by atomic mass is 16.2. The first kappa shape index (κ1) is 27.1. The zero-order valence-electron chi connectivity index (χ0n) is 24.6. The van der Waals surface area contributed by atoms with E-state index in [4.69, 9.17) is 0 Å². The van der Waals surface area contributed by atoms with E-state index < -0.39 is 23.4 Å². The molecule has 4 aromatic rings. The van der Waals surface area contributed by atoms with Crippen LogP contribution in [0.5, 0.6) is 0 Å². The maximum Gasteiger partial charge on any atom is 0.238 e. The average Bonchev–Trinajstić information content (AvgIpc) is 3.49. The maximum atomic E-state index is 15.0. The molecule has 0 unspecified atom stereocenters. The normalized spacial score (nSPS) is 23.3. The number of nitrogens with one attached hydrogen (secondary N) is 1. The third-order valence-electron chi connectivity index (χ3n) is 9.52. The summed E-state index contributed by atoms with van der Waals surface area (Å²) in [6.07, 6.45) is 4.03. The number of nitrogens with zero attached hydrogens (tertiary/aromatic N) is 1. The number of aryl methyl sites for hydroxylation is 2. The molecule has 0 aromatic heterocycles. The van der Waals surface area contributed by atoms with Gasteiger partial charge in [0.1, 0.15) is 11.5 Å². The van der Waals surface area contributed by atoms with Gasteiger partial charge in [-0.25, -0.2) is 0 Å². The molecule has 1 fully saturated rings. The molecule has 3 aliphatic heterocycles. The van der Waals surface area contributed by atoms with Crippen LogP contribution in [0, 0.1) is 12.8 Å². The summed E-state index contributed by atoms with van der Waals surface area (Å²) < 4.78 is 0. The summed E-state index contributed by atoms with van der Waals surface area (Å²) in [4.78, 5) is 46.4. The Bertz CT molecular complexity index is 1810. The first-order valence-electron chi connectivity index (χ1n) is 15.1. The molecule has 0 bridgehead atoms. The molecule has 1 amide bonds. The van der Waals surface area contributed by atoms with Crippen LogP contribution in [0.4, 0.5) is 11.4 Å². The molecule has 1 saturated heterocycles. The van der Waals surface area contributed by atoms with E-state index in [9.17, 15) is 14.4 Å². The minimum Gasteiger partial charge on any atom is -0.352 e. The van der Waals surface area contributed by atoms with E-state index in [1.165, 1.54) is 0 Å². The van der Waals surface area contributed by atoms with Gasteiger partial charge in [0.2, 0.25) is 5.91 Å². The quantitative estimate of drug-likeness (QED) is 0.251. The van der Waals surface area contributed by atoms with Crippen molar-refractivity contribution in [2.45, 2.75) is 51.1 Å². The van der Waals surface area contributed by atoms with Crippen LogP contribution < -0.4 is 10.2 Å². The van der Waals surface area contributed by atoms with E-state index in [0.717, 1.165) is 46.4 Å². The van der Waals surface area contributed by atoms with Crippen LogP contribution in [-0.2, 0) is 16.6 Å². The molecule has 5 heteroatoms. The molecule has 7 rings (SSSR count). The number of hydrogen-bond donors (Lipinski definition) is 1. The fourth-order valence-corrected chi connectivity index (χ4v) is 7.62. The number of rotatable bonds is 6. The number of allylic oxidation sites excluding steroid dienone is 1. The predicted molar refractivity (Wildman–Crippen MR) is 171 cm³/mol. The van der Waals surface area contributed by atoms with Crippen molar-refractivity contribution < 1.29 is 14.4 Å². The molecular formula is C38H34N2O3. The number of carbonyl (C=O) groups is 3. The molecule has 1 spiro atoms. The summed E-state index contributed by atoms with van der Waals surface area (Å²) in [5, 5.41) is 3.11. The highest BCUT2D eigenvalue weighted by Crippen LogP contribution is 2.58. The Morgan fingerprint density at radius 1 is 0.837 bits per heavy atom. The van der Waals surface area contributed by atoms with E-state index in [2.05, 4.69) is 36.2 Å². The van der Waals surface area contributed by atoms with Gasteiger partial charge in [-0.05, 0) is 55.2 Å². The standard InChI is InChI=1S/C38H34N2O3/c1-4-10-25-16-18-27(19-17-25)35(41)33-34(36(42)26-11-6-5-7-12-26)40-31-20-15-23(2)21-28(31)24(3)22-32(40)38(33)29-13-8-9-14-30(29)39-37(38)43/h5-9,11-22,32-34H,4,10H2,1-3H3,(H,39,43)/t32-,33-,34+,38-/m0/s1. The Morgan fingerprint density at radius 2 is 1.53 bits per heavy atom. The SMILES string of the molecule is CCCc1ccc(C(=O)[C@@H]2[C@H](C(=O)c3ccccc3)N3c4ccc(C)cc4C(C)=C[C@H]3[C@]23C(=O)Nc2ccccc23)cc1. The molecule has 214 valence electrons. The van der Waals surface area contributed by atoms with E-state index in [1.54, 1.807) is 12.1 Å². The number of para-hydroxylation sites is 1. The monoisotopic (exact) mass is 566 g/mol. The van der Waals surface area contributed by atoms with Gasteiger partial charge in [-0.15, -0.1) is 0 Å². The number of anilines is 2. The second-order valence-electron chi connectivity index (χ2n) is 12.1. The van der Waals surface area contributed by atoms with Crippen LogP contribution in [0.3, 0.4) is 0 Å². The Kier molecular flexibility index (Phi) is 6.42. The van der Waals surface area contributed by atoms with E-state index in [0.29, 0.717) is 16.8 Å². The number of carbonyl (C=O) groups excluding carboxylic acids is 3. The van der Waals surface area contributed by atoms with Crippen molar-refractivity contribution in [2.24, 2.45) is 5.92 Å². The number of Topliss-reactive ketones (excluding diaryl/α,β-unsaturated/α-hetero) is 2. The van der Waals surface area contributed by atoms with Gasteiger partial charge in [-0.2, -0.15) is 0 Å². The summed E-state index contributed by atoms with van der Waals surface area (Å²) in [5.74, 6) is -1.58. The third kappa shape index (κ3) is 3.94. The summed E-state index contributed by atoms with van der Waals surface area (Å²) >= 11 is 0. The maximum absolute atomic E-state index is 15.0. The van der Waals surface area contributed by atoms with Gasteiger partial charge in [0, 0.05) is 28.1 Å². The molecule has 4 atom stereocenters. The van der Waals surface area contributed by atoms with Crippen molar-refractivity contribution in [1.29, 1.82) is 0 Å². The third-order valence-corrected chi connectivity index (χ3v) is 9.52.